The summed E-state index contributed by atoms with van der Waals surface area (Å²) in [5.74, 6) is 1.07. The van der Waals surface area contributed by atoms with Gasteiger partial charge in [0.2, 0.25) is 5.91 Å². The van der Waals surface area contributed by atoms with Crippen LogP contribution in [0.2, 0.25) is 0 Å². The van der Waals surface area contributed by atoms with E-state index in [9.17, 15) is 4.79 Å². The van der Waals surface area contributed by atoms with Crippen molar-refractivity contribution in [2.24, 2.45) is 0 Å². The molecule has 1 amide bonds. The molecule has 0 bridgehead atoms. The zero-order valence-corrected chi connectivity index (χ0v) is 16.4. The number of hydrogen-bond donors (Lipinski definition) is 2. The van der Waals surface area contributed by atoms with Crippen LogP contribution in [-0.2, 0) is 16.0 Å². The molecule has 2 aromatic heterocycles. The lowest BCUT2D eigenvalue weighted by Crippen LogP contribution is -2.34. The Morgan fingerprint density at radius 1 is 1.26 bits per heavy atom. The van der Waals surface area contributed by atoms with Crippen molar-refractivity contribution in [1.29, 1.82) is 0 Å². The van der Waals surface area contributed by atoms with E-state index in [-0.39, 0.29) is 11.9 Å². The number of aromatic nitrogens is 3. The van der Waals surface area contributed by atoms with E-state index in [1.165, 1.54) is 0 Å². The van der Waals surface area contributed by atoms with Gasteiger partial charge in [-0.25, -0.2) is 4.98 Å². The molecule has 2 atom stereocenters. The summed E-state index contributed by atoms with van der Waals surface area (Å²) in [5, 5.41) is 11.1. The first kappa shape index (κ1) is 19.6. The quantitative estimate of drug-likeness (QED) is 0.626. The van der Waals surface area contributed by atoms with Crippen LogP contribution in [-0.4, -0.2) is 45.8 Å². The fourth-order valence-electron chi connectivity index (χ4n) is 3.62. The highest BCUT2D eigenvalue weighted by molar-refractivity contribution is 5.76. The largest absolute Gasteiger partial charge is 0.381 e. The first-order valence-corrected chi connectivity index (χ1v) is 10.2. The van der Waals surface area contributed by atoms with Gasteiger partial charge in [-0.3, -0.25) is 4.79 Å². The molecule has 0 saturated heterocycles. The maximum absolute atomic E-state index is 12.0. The van der Waals surface area contributed by atoms with Crippen molar-refractivity contribution < 1.29 is 9.53 Å². The minimum Gasteiger partial charge on any atom is -0.381 e. The highest BCUT2D eigenvalue weighted by atomic mass is 16.5. The number of carbonyl (C=O) groups is 1. The number of hydrogen-bond acceptors (Lipinski definition) is 5. The molecule has 1 aliphatic carbocycles. The minimum atomic E-state index is 0.0837. The second-order valence-electron chi connectivity index (χ2n) is 7.27. The first-order valence-electron chi connectivity index (χ1n) is 10.2. The smallest absolute Gasteiger partial charge is 0.222 e. The van der Waals surface area contributed by atoms with E-state index in [4.69, 9.17) is 4.74 Å². The maximum atomic E-state index is 12.0. The summed E-state index contributed by atoms with van der Waals surface area (Å²) >= 11 is 0. The molecule has 0 aliphatic heterocycles. The number of anilines is 1. The molecule has 0 spiro atoms. The SMILES string of the molecule is CCCOCCC(=O)N[C@@H]1CC[C@@H](Nc2cc(CCC)nc3ccnn23)C1. The zero-order valence-electron chi connectivity index (χ0n) is 16.4. The monoisotopic (exact) mass is 373 g/mol. The second-order valence-corrected chi connectivity index (χ2v) is 7.27. The lowest BCUT2D eigenvalue weighted by Gasteiger charge is -2.17. The van der Waals surface area contributed by atoms with Crippen molar-refractivity contribution in [3.8, 4) is 0 Å². The van der Waals surface area contributed by atoms with Crippen LogP contribution in [0.5, 0.6) is 0 Å². The zero-order chi connectivity index (χ0) is 19.1. The predicted octanol–water partition coefficient (Wildman–Crippen LogP) is 2.95. The molecule has 2 heterocycles. The maximum Gasteiger partial charge on any atom is 0.222 e. The van der Waals surface area contributed by atoms with Crippen molar-refractivity contribution in [3.05, 3.63) is 24.0 Å². The van der Waals surface area contributed by atoms with Gasteiger partial charge in [-0.05, 0) is 32.1 Å². The lowest BCUT2D eigenvalue weighted by molar-refractivity contribution is -0.122. The number of carbonyl (C=O) groups excluding carboxylic acids is 1. The van der Waals surface area contributed by atoms with Crippen LogP contribution in [0.25, 0.3) is 5.65 Å². The predicted molar refractivity (Wildman–Crippen MR) is 106 cm³/mol. The van der Waals surface area contributed by atoms with Crippen LogP contribution in [0.15, 0.2) is 18.3 Å². The molecule has 0 aromatic carbocycles. The van der Waals surface area contributed by atoms with Gasteiger partial charge in [0.05, 0.1) is 12.8 Å². The molecular weight excluding hydrogens is 342 g/mol. The molecule has 1 aliphatic rings. The van der Waals surface area contributed by atoms with Crippen LogP contribution in [0.4, 0.5) is 5.82 Å². The van der Waals surface area contributed by atoms with Crippen molar-refractivity contribution in [2.45, 2.75) is 70.9 Å². The molecule has 1 saturated carbocycles. The summed E-state index contributed by atoms with van der Waals surface area (Å²) in [6.07, 6.45) is 8.18. The molecule has 0 radical (unpaired) electrons. The number of rotatable bonds is 10. The molecule has 7 nitrogen and oxygen atoms in total. The van der Waals surface area contributed by atoms with Crippen molar-refractivity contribution in [3.63, 3.8) is 0 Å². The third-order valence-electron chi connectivity index (χ3n) is 4.89. The number of aryl methyl sites for hydroxylation is 1. The van der Waals surface area contributed by atoms with Crippen LogP contribution in [0.1, 0.15) is 58.1 Å². The number of amides is 1. The summed E-state index contributed by atoms with van der Waals surface area (Å²) in [5.41, 5.74) is 1.96. The Hall–Kier alpha value is -2.15. The number of ether oxygens (including phenoxy) is 1. The summed E-state index contributed by atoms with van der Waals surface area (Å²) < 4.78 is 7.25. The van der Waals surface area contributed by atoms with E-state index < -0.39 is 0 Å². The topological polar surface area (TPSA) is 80.5 Å². The molecule has 0 unspecified atom stereocenters. The summed E-state index contributed by atoms with van der Waals surface area (Å²) in [6, 6.07) is 4.59. The molecule has 2 N–H and O–H groups in total. The van der Waals surface area contributed by atoms with Gasteiger partial charge in [-0.15, -0.1) is 0 Å². The standard InChI is InChI=1S/C20H31N5O2/c1-3-5-15-14-19(25-18(22-15)8-10-21-25)23-16-6-7-17(13-16)24-20(26)9-12-27-11-4-2/h8,10,14,16-17,23H,3-7,9,11-13H2,1-2H3,(H,24,26)/t16-,17-/m1/s1. The van der Waals surface area contributed by atoms with Gasteiger partial charge >= 0.3 is 0 Å². The average molecular weight is 374 g/mol. The number of fused-ring (bicyclic) bond motifs is 1. The molecule has 2 aromatic rings. The van der Waals surface area contributed by atoms with Gasteiger partial charge in [0.1, 0.15) is 5.82 Å². The molecule has 3 rings (SSSR count). The fraction of sp³-hybridized carbons (Fsp3) is 0.650. The molecular formula is C20H31N5O2. The normalized spacial score (nSPS) is 19.5. The Bertz CT molecular complexity index is 745. The Kier molecular flexibility index (Phi) is 7.04. The Morgan fingerprint density at radius 3 is 2.93 bits per heavy atom. The summed E-state index contributed by atoms with van der Waals surface area (Å²) in [7, 11) is 0. The van der Waals surface area contributed by atoms with E-state index in [0.717, 1.165) is 62.3 Å². The Balaban J connectivity index is 1.53. The highest BCUT2D eigenvalue weighted by Gasteiger charge is 2.26. The Labute approximate surface area is 160 Å². The summed E-state index contributed by atoms with van der Waals surface area (Å²) in [4.78, 5) is 16.7. The van der Waals surface area contributed by atoms with Crippen molar-refractivity contribution >= 4 is 17.4 Å². The van der Waals surface area contributed by atoms with Gasteiger partial charge in [-0.2, -0.15) is 9.61 Å². The van der Waals surface area contributed by atoms with Crippen molar-refractivity contribution in [1.82, 2.24) is 19.9 Å². The van der Waals surface area contributed by atoms with Crippen molar-refractivity contribution in [2.75, 3.05) is 18.5 Å². The van der Waals surface area contributed by atoms with Gasteiger partial charge in [0, 0.05) is 42.9 Å². The molecule has 7 heteroatoms. The van der Waals surface area contributed by atoms with Gasteiger partial charge in [0.15, 0.2) is 5.65 Å². The lowest BCUT2D eigenvalue weighted by atomic mass is 10.2. The fourth-order valence-corrected chi connectivity index (χ4v) is 3.62. The second kappa shape index (κ2) is 9.69. The van der Waals surface area contributed by atoms with E-state index >= 15 is 0 Å². The van der Waals surface area contributed by atoms with E-state index in [2.05, 4.69) is 40.6 Å². The average Bonchev–Trinajstić information content (AvgIpc) is 3.28. The third-order valence-corrected chi connectivity index (χ3v) is 4.89. The summed E-state index contributed by atoms with van der Waals surface area (Å²) in [6.45, 7) is 5.45. The van der Waals surface area contributed by atoms with E-state index in [1.54, 1.807) is 6.20 Å². The van der Waals surface area contributed by atoms with E-state index in [1.807, 2.05) is 10.6 Å². The number of nitrogens with zero attached hydrogens (tertiary/aromatic N) is 3. The number of nitrogens with one attached hydrogen (secondary N) is 2. The van der Waals surface area contributed by atoms with Crippen LogP contribution < -0.4 is 10.6 Å². The molecule has 148 valence electrons. The van der Waals surface area contributed by atoms with Gasteiger partial charge in [-0.1, -0.05) is 20.3 Å². The first-order chi connectivity index (χ1) is 13.2. The highest BCUT2D eigenvalue weighted by Crippen LogP contribution is 2.24. The minimum absolute atomic E-state index is 0.0837. The third kappa shape index (κ3) is 5.42. The van der Waals surface area contributed by atoms with Crippen LogP contribution in [0.3, 0.4) is 0 Å². The van der Waals surface area contributed by atoms with Gasteiger partial charge < -0.3 is 15.4 Å². The van der Waals surface area contributed by atoms with Crippen LogP contribution in [0, 0.1) is 0 Å². The molecule has 1 fully saturated rings. The Morgan fingerprint density at radius 2 is 2.11 bits per heavy atom. The van der Waals surface area contributed by atoms with Crippen LogP contribution >= 0.6 is 0 Å². The molecule has 27 heavy (non-hydrogen) atoms. The van der Waals surface area contributed by atoms with Gasteiger partial charge in [0.25, 0.3) is 0 Å². The van der Waals surface area contributed by atoms with E-state index in [0.29, 0.717) is 19.1 Å².